The maximum Gasteiger partial charge on any atom is 0.126 e. The summed E-state index contributed by atoms with van der Waals surface area (Å²) in [7, 11) is 0. The molecule has 3 nitrogen and oxygen atoms in total. The van der Waals surface area contributed by atoms with Crippen molar-refractivity contribution < 1.29 is 14.9 Å². The zero-order valence-electron chi connectivity index (χ0n) is 19.7. The second-order valence-electron chi connectivity index (χ2n) is 12.3. The fourth-order valence-corrected chi connectivity index (χ4v) is 9.11. The number of ether oxygens (including phenoxy) is 1. The van der Waals surface area contributed by atoms with E-state index in [0.29, 0.717) is 23.5 Å². The van der Waals surface area contributed by atoms with Crippen LogP contribution in [0.4, 0.5) is 0 Å². The molecule has 3 aliphatic carbocycles. The van der Waals surface area contributed by atoms with E-state index in [1.165, 1.54) is 24.8 Å². The van der Waals surface area contributed by atoms with Gasteiger partial charge in [-0.2, -0.15) is 0 Å². The molecule has 3 saturated carbocycles. The lowest BCUT2D eigenvalue weighted by Crippen LogP contribution is -2.68. The lowest BCUT2D eigenvalue weighted by molar-refractivity contribution is -0.238. The molecule has 1 aromatic carbocycles. The van der Waals surface area contributed by atoms with E-state index in [1.54, 1.807) is 0 Å². The molecule has 1 spiro atoms. The van der Waals surface area contributed by atoms with Crippen LogP contribution in [0.15, 0.2) is 12.1 Å². The summed E-state index contributed by atoms with van der Waals surface area (Å²) >= 11 is 0. The molecule has 5 rings (SSSR count). The summed E-state index contributed by atoms with van der Waals surface area (Å²) in [6.07, 6.45) is 7.58. The van der Waals surface area contributed by atoms with Crippen molar-refractivity contribution in [3.05, 3.63) is 23.3 Å². The number of aliphatic hydroxyl groups excluding tert-OH is 1. The van der Waals surface area contributed by atoms with Crippen molar-refractivity contribution >= 4 is 0 Å². The largest absolute Gasteiger partial charge is 0.508 e. The normalized spacial score (nSPS) is 46.6. The van der Waals surface area contributed by atoms with Gasteiger partial charge < -0.3 is 14.9 Å². The lowest BCUT2D eigenvalue weighted by Gasteiger charge is -2.69. The van der Waals surface area contributed by atoms with E-state index >= 15 is 0 Å². The number of rotatable bonds is 0. The molecule has 2 N–H and O–H groups in total. The van der Waals surface area contributed by atoms with Gasteiger partial charge in [0.2, 0.25) is 0 Å². The molecule has 3 heteroatoms. The number of aromatic hydroxyl groups is 1. The Morgan fingerprint density at radius 2 is 1.70 bits per heavy atom. The van der Waals surface area contributed by atoms with Gasteiger partial charge in [0.25, 0.3) is 0 Å². The Morgan fingerprint density at radius 3 is 2.43 bits per heavy atom. The number of fused-ring (bicyclic) bond motifs is 5. The van der Waals surface area contributed by atoms with Gasteiger partial charge in [-0.05, 0) is 91.7 Å². The third kappa shape index (κ3) is 2.36. The number of phenols is 1. The van der Waals surface area contributed by atoms with E-state index in [1.807, 2.05) is 12.1 Å². The molecule has 1 aliphatic heterocycles. The highest BCUT2D eigenvalue weighted by Gasteiger charge is 2.69. The third-order valence-electron chi connectivity index (χ3n) is 10.8. The minimum atomic E-state index is -0.189. The van der Waals surface area contributed by atoms with Gasteiger partial charge in [-0.25, -0.2) is 0 Å². The molecular formula is C27H40O3. The second-order valence-corrected chi connectivity index (χ2v) is 12.3. The Hall–Kier alpha value is -1.22. The molecular weight excluding hydrogens is 372 g/mol. The molecule has 0 amide bonds. The maximum absolute atomic E-state index is 10.8. The highest BCUT2D eigenvalue weighted by atomic mass is 16.5. The van der Waals surface area contributed by atoms with Crippen LogP contribution in [0, 0.1) is 40.9 Å². The van der Waals surface area contributed by atoms with Crippen molar-refractivity contribution in [2.45, 2.75) is 98.2 Å². The molecule has 30 heavy (non-hydrogen) atoms. The lowest BCUT2D eigenvalue weighted by atomic mass is 9.37. The van der Waals surface area contributed by atoms with Gasteiger partial charge in [-0.1, -0.05) is 34.6 Å². The molecule has 7 atom stereocenters. The summed E-state index contributed by atoms with van der Waals surface area (Å²) in [5.74, 6) is 3.04. The van der Waals surface area contributed by atoms with Crippen molar-refractivity contribution in [3.63, 3.8) is 0 Å². The van der Waals surface area contributed by atoms with E-state index in [4.69, 9.17) is 4.74 Å². The molecule has 0 bridgehead atoms. The van der Waals surface area contributed by atoms with Crippen LogP contribution in [-0.2, 0) is 6.42 Å². The van der Waals surface area contributed by atoms with Crippen LogP contribution in [0.5, 0.6) is 11.5 Å². The van der Waals surface area contributed by atoms with Gasteiger partial charge in [-0.15, -0.1) is 0 Å². The number of hydrogen-bond donors (Lipinski definition) is 2. The van der Waals surface area contributed by atoms with Crippen LogP contribution in [-0.4, -0.2) is 21.9 Å². The number of aliphatic hydroxyl groups is 1. The van der Waals surface area contributed by atoms with E-state index in [-0.39, 0.29) is 27.9 Å². The Kier molecular flexibility index (Phi) is 4.26. The minimum absolute atomic E-state index is 0.0214. The summed E-state index contributed by atoms with van der Waals surface area (Å²) in [4.78, 5) is 0. The van der Waals surface area contributed by atoms with Gasteiger partial charge in [0.05, 0.1) is 6.10 Å². The molecule has 4 aliphatic rings. The maximum atomic E-state index is 10.8. The first-order chi connectivity index (χ1) is 14.0. The van der Waals surface area contributed by atoms with Gasteiger partial charge in [-0.3, -0.25) is 0 Å². The van der Waals surface area contributed by atoms with E-state index in [2.05, 4.69) is 41.5 Å². The Labute approximate surface area is 182 Å². The molecule has 1 aromatic rings. The number of aryl methyl sites for hydroxylation is 1. The smallest absolute Gasteiger partial charge is 0.126 e. The van der Waals surface area contributed by atoms with Crippen LogP contribution in [0.3, 0.4) is 0 Å². The van der Waals surface area contributed by atoms with E-state index in [0.717, 1.165) is 37.0 Å². The molecule has 7 unspecified atom stereocenters. The number of phenolic OH excluding ortho intramolecular Hbond substituents is 1. The summed E-state index contributed by atoms with van der Waals surface area (Å²) in [5.41, 5.74) is 2.39. The van der Waals surface area contributed by atoms with Crippen LogP contribution < -0.4 is 4.74 Å². The molecule has 1 heterocycles. The van der Waals surface area contributed by atoms with Gasteiger partial charge in [0.15, 0.2) is 0 Å². The quantitative estimate of drug-likeness (QED) is 0.547. The fraction of sp³-hybridized carbons (Fsp3) is 0.778. The molecule has 0 aromatic heterocycles. The van der Waals surface area contributed by atoms with Gasteiger partial charge in [0.1, 0.15) is 17.1 Å². The Morgan fingerprint density at radius 1 is 0.967 bits per heavy atom. The second kappa shape index (κ2) is 6.18. The fourth-order valence-electron chi connectivity index (χ4n) is 9.11. The first-order valence-corrected chi connectivity index (χ1v) is 12.2. The number of benzene rings is 1. The first-order valence-electron chi connectivity index (χ1n) is 12.2. The summed E-state index contributed by atoms with van der Waals surface area (Å²) < 4.78 is 7.04. The summed E-state index contributed by atoms with van der Waals surface area (Å²) in [6.45, 7) is 14.1. The zero-order valence-corrected chi connectivity index (χ0v) is 19.7. The Bertz CT molecular complexity index is 875. The SMILES string of the molecule is Cc1cc(O)cc2c1OC1(C2)C(C)CCC2C3(C)CCC(O)C(C)(C)C3CCC21C. The number of hydrogen-bond acceptors (Lipinski definition) is 3. The molecule has 166 valence electrons. The zero-order chi connectivity index (χ0) is 21.7. The molecule has 3 fully saturated rings. The standard InChI is InChI=1S/C27H40O3/c1-16-13-19(28)14-18-15-27(30-23(16)18)17(2)7-8-21-25(5)11-10-22(29)24(3,4)20(25)9-12-26(21,27)6/h13-14,17,20-22,28-29H,7-12,15H2,1-6H3. The predicted molar refractivity (Wildman–Crippen MR) is 120 cm³/mol. The average molecular weight is 413 g/mol. The topological polar surface area (TPSA) is 49.7 Å². The predicted octanol–water partition coefficient (Wildman–Crippen LogP) is 6.02. The van der Waals surface area contributed by atoms with Crippen molar-refractivity contribution in [2.24, 2.45) is 34.0 Å². The van der Waals surface area contributed by atoms with Crippen LogP contribution in [0.25, 0.3) is 0 Å². The van der Waals surface area contributed by atoms with Crippen molar-refractivity contribution in [2.75, 3.05) is 0 Å². The third-order valence-corrected chi connectivity index (χ3v) is 10.8. The van der Waals surface area contributed by atoms with Gasteiger partial charge in [0, 0.05) is 17.4 Å². The summed E-state index contributed by atoms with van der Waals surface area (Å²) in [5, 5.41) is 21.0. The molecule has 0 radical (unpaired) electrons. The highest BCUT2D eigenvalue weighted by molar-refractivity contribution is 5.51. The first kappa shape index (κ1) is 20.7. The molecule has 0 saturated heterocycles. The average Bonchev–Trinajstić information content (AvgIpc) is 3.05. The van der Waals surface area contributed by atoms with Crippen molar-refractivity contribution in [3.8, 4) is 11.5 Å². The van der Waals surface area contributed by atoms with Crippen LogP contribution in [0.1, 0.15) is 84.3 Å². The van der Waals surface area contributed by atoms with Crippen LogP contribution >= 0.6 is 0 Å². The van der Waals surface area contributed by atoms with Crippen LogP contribution in [0.2, 0.25) is 0 Å². The highest BCUT2D eigenvalue weighted by Crippen LogP contribution is 2.71. The van der Waals surface area contributed by atoms with Crippen molar-refractivity contribution in [1.82, 2.24) is 0 Å². The van der Waals surface area contributed by atoms with Gasteiger partial charge >= 0.3 is 0 Å². The Balaban J connectivity index is 1.59. The minimum Gasteiger partial charge on any atom is -0.508 e. The van der Waals surface area contributed by atoms with Crippen molar-refractivity contribution in [1.29, 1.82) is 0 Å². The van der Waals surface area contributed by atoms with E-state index < -0.39 is 0 Å². The monoisotopic (exact) mass is 412 g/mol. The summed E-state index contributed by atoms with van der Waals surface area (Å²) in [6, 6.07) is 3.78. The van der Waals surface area contributed by atoms with E-state index in [9.17, 15) is 10.2 Å².